The van der Waals surface area contributed by atoms with Crippen molar-refractivity contribution >= 4 is 22.3 Å². The molecule has 7 nitrogen and oxygen atoms in total. The van der Waals surface area contributed by atoms with E-state index in [2.05, 4.69) is 6.58 Å². The molecule has 0 saturated carbocycles. The fourth-order valence-corrected chi connectivity index (χ4v) is 5.32. The second-order valence-corrected chi connectivity index (χ2v) is 11.4. The van der Waals surface area contributed by atoms with Crippen LogP contribution in [0, 0.1) is 12.7 Å². The molecule has 1 N–H and O–H groups in total. The molecule has 2 aromatic carbocycles. The molecule has 3 aromatic rings. The van der Waals surface area contributed by atoms with Crippen LogP contribution in [0.2, 0.25) is 0 Å². The zero-order valence-electron chi connectivity index (χ0n) is 24.2. The first kappa shape index (κ1) is 29.1. The Bertz CT molecular complexity index is 1590. The van der Waals surface area contributed by atoms with Gasteiger partial charge in [0, 0.05) is 43.9 Å². The molecule has 2 heterocycles. The van der Waals surface area contributed by atoms with E-state index in [0.717, 1.165) is 28.7 Å². The Balaban J connectivity index is 2.17. The lowest BCUT2D eigenvalue weighted by molar-refractivity contribution is -0.161. The van der Waals surface area contributed by atoms with Crippen molar-refractivity contribution in [3.8, 4) is 16.9 Å². The predicted molar refractivity (Wildman–Crippen MR) is 156 cm³/mol. The Morgan fingerprint density at radius 2 is 1.95 bits per heavy atom. The lowest BCUT2D eigenvalue weighted by atomic mass is 9.87. The van der Waals surface area contributed by atoms with Crippen molar-refractivity contribution in [1.82, 2.24) is 9.47 Å². The molecule has 4 rings (SSSR count). The third-order valence-electron chi connectivity index (χ3n) is 7.04. The minimum atomic E-state index is -1.48. The zero-order valence-corrected chi connectivity index (χ0v) is 24.2. The number of hydrogen-bond acceptors (Lipinski definition) is 5. The molecule has 40 heavy (non-hydrogen) atoms. The monoisotopic (exact) mass is 548 g/mol. The Kier molecular flexibility index (Phi) is 7.94. The summed E-state index contributed by atoms with van der Waals surface area (Å²) in [6, 6.07) is 6.81. The third-order valence-corrected chi connectivity index (χ3v) is 7.04. The molecule has 0 aliphatic carbocycles. The number of fused-ring (bicyclic) bond motifs is 2. The van der Waals surface area contributed by atoms with Gasteiger partial charge in [0.2, 0.25) is 0 Å². The lowest BCUT2D eigenvalue weighted by Gasteiger charge is -2.30. The number of carboxylic acids is 1. The molecule has 212 valence electrons. The maximum atomic E-state index is 15.5. The Labute approximate surface area is 234 Å². The van der Waals surface area contributed by atoms with Crippen molar-refractivity contribution in [1.29, 1.82) is 0 Å². The molecule has 0 amide bonds. The molecular weight excluding hydrogens is 511 g/mol. The highest BCUT2D eigenvalue weighted by atomic mass is 19.1. The minimum Gasteiger partial charge on any atom is -0.490 e. The molecule has 1 atom stereocenters. The number of carboxylic acid groups (broad SMARTS) is 1. The number of aliphatic carboxylic acids is 1. The lowest BCUT2D eigenvalue weighted by Crippen LogP contribution is -2.33. The van der Waals surface area contributed by atoms with Crippen LogP contribution < -0.4 is 10.3 Å². The molecule has 1 aliphatic heterocycles. The summed E-state index contributed by atoms with van der Waals surface area (Å²) in [5, 5.41) is 11.2. The van der Waals surface area contributed by atoms with Crippen LogP contribution in [0.4, 0.5) is 4.39 Å². The van der Waals surface area contributed by atoms with Crippen molar-refractivity contribution in [3.63, 3.8) is 0 Å². The summed E-state index contributed by atoms with van der Waals surface area (Å²) < 4.78 is 28.5. The smallest absolute Gasteiger partial charge is 0.339 e. The van der Waals surface area contributed by atoms with Gasteiger partial charge in [0.1, 0.15) is 0 Å². The van der Waals surface area contributed by atoms with Gasteiger partial charge in [-0.2, -0.15) is 0 Å². The number of allylic oxidation sites excluding steroid dienone is 2. The van der Waals surface area contributed by atoms with E-state index in [9.17, 15) is 14.7 Å². The van der Waals surface area contributed by atoms with Gasteiger partial charge in [-0.3, -0.25) is 4.79 Å². The quantitative estimate of drug-likeness (QED) is 0.365. The van der Waals surface area contributed by atoms with Gasteiger partial charge in [0.05, 0.1) is 17.9 Å². The van der Waals surface area contributed by atoms with Crippen LogP contribution in [0.15, 0.2) is 47.9 Å². The van der Waals surface area contributed by atoms with Gasteiger partial charge in [0.25, 0.3) is 5.56 Å². The Morgan fingerprint density at radius 1 is 1.25 bits per heavy atom. The summed E-state index contributed by atoms with van der Waals surface area (Å²) in [4.78, 5) is 28.4. The zero-order chi connectivity index (χ0) is 29.5. The number of halogens is 1. The van der Waals surface area contributed by atoms with Crippen LogP contribution in [0.3, 0.4) is 0 Å². The van der Waals surface area contributed by atoms with Crippen molar-refractivity contribution in [2.45, 2.75) is 52.2 Å². The number of nitrogens with zero attached hydrogens (tertiary/aromatic N) is 2. The van der Waals surface area contributed by atoms with Crippen LogP contribution in [-0.4, -0.2) is 46.8 Å². The summed E-state index contributed by atoms with van der Waals surface area (Å²) in [5.41, 5.74) is 2.99. The SMILES string of the molecule is C=C/C(=C\N(C)C)c1ccc2c(-c3cc(F)c4c(c3C)CCCO4)c([C@H](OC(C)(C)C)C(=O)O)n(C)c(=O)c2c1. The number of pyridine rings is 1. The second kappa shape index (κ2) is 10.9. The van der Waals surface area contributed by atoms with E-state index in [1.54, 1.807) is 39.0 Å². The minimum absolute atomic E-state index is 0.152. The van der Waals surface area contributed by atoms with Crippen molar-refractivity contribution < 1.29 is 23.8 Å². The molecule has 0 unspecified atom stereocenters. The Morgan fingerprint density at radius 3 is 2.55 bits per heavy atom. The van der Waals surface area contributed by atoms with Crippen molar-refractivity contribution in [2.75, 3.05) is 20.7 Å². The normalized spacial score (nSPS) is 14.4. The number of ether oxygens (including phenoxy) is 2. The van der Waals surface area contributed by atoms with Crippen molar-refractivity contribution in [2.24, 2.45) is 7.05 Å². The van der Waals surface area contributed by atoms with Crippen LogP contribution >= 0.6 is 0 Å². The molecule has 0 saturated heterocycles. The maximum absolute atomic E-state index is 15.5. The predicted octanol–water partition coefficient (Wildman–Crippen LogP) is 6.01. The van der Waals surface area contributed by atoms with Crippen molar-refractivity contribution in [3.05, 3.63) is 81.7 Å². The fourth-order valence-electron chi connectivity index (χ4n) is 5.32. The first-order valence-corrected chi connectivity index (χ1v) is 13.3. The van der Waals surface area contributed by atoms with Gasteiger partial charge in [-0.1, -0.05) is 24.8 Å². The van der Waals surface area contributed by atoms with E-state index in [1.165, 1.54) is 17.7 Å². The largest absolute Gasteiger partial charge is 0.490 e. The van der Waals surface area contributed by atoms with Crippen LogP contribution in [-0.2, 0) is 23.0 Å². The number of hydrogen-bond donors (Lipinski definition) is 1. The van der Waals surface area contributed by atoms with Gasteiger partial charge >= 0.3 is 5.97 Å². The second-order valence-electron chi connectivity index (χ2n) is 11.4. The molecule has 0 bridgehead atoms. The topological polar surface area (TPSA) is 81.0 Å². The molecule has 1 aliphatic rings. The van der Waals surface area contributed by atoms with E-state index in [0.29, 0.717) is 34.9 Å². The van der Waals surface area contributed by atoms with Crippen LogP contribution in [0.1, 0.15) is 55.7 Å². The number of benzene rings is 2. The fraction of sp³-hybridized carbons (Fsp3) is 0.375. The summed E-state index contributed by atoms with van der Waals surface area (Å²) in [6.45, 7) is 11.5. The summed E-state index contributed by atoms with van der Waals surface area (Å²) in [6.07, 6.45) is 3.50. The van der Waals surface area contributed by atoms with Gasteiger partial charge < -0.3 is 24.0 Å². The first-order valence-electron chi connectivity index (χ1n) is 13.3. The average molecular weight is 549 g/mol. The van der Waals surface area contributed by atoms with Gasteiger partial charge in [-0.25, -0.2) is 9.18 Å². The highest BCUT2D eigenvalue weighted by Gasteiger charge is 2.34. The standard InChI is InChI=1S/C32H37FN2O5/c1-9-19(17-34(6)7)20-12-13-22-24(15-20)30(36)35(8)27(29(31(37)38)40-32(3,4)5)26(22)23-16-25(33)28-21(18(23)2)11-10-14-39-28/h9,12-13,15-17,29H,1,10-11,14H2,2-8H3,(H,37,38)/b19-17+/t29-/m0/s1. The van der Waals surface area contributed by atoms with Gasteiger partial charge in [-0.05, 0) is 80.3 Å². The molecular formula is C32H37FN2O5. The molecule has 8 heteroatoms. The average Bonchev–Trinajstić information content (AvgIpc) is 2.89. The number of aromatic nitrogens is 1. The van der Waals surface area contributed by atoms with Crippen LogP contribution in [0.5, 0.6) is 5.75 Å². The highest BCUT2D eigenvalue weighted by Crippen LogP contribution is 2.43. The highest BCUT2D eigenvalue weighted by molar-refractivity contribution is 6.01. The van der Waals surface area contributed by atoms with E-state index in [-0.39, 0.29) is 17.0 Å². The third kappa shape index (κ3) is 5.41. The first-order chi connectivity index (χ1) is 18.7. The number of carbonyl (C=O) groups is 1. The summed E-state index contributed by atoms with van der Waals surface area (Å²) in [7, 11) is 5.32. The van der Waals surface area contributed by atoms with Gasteiger partial charge in [-0.15, -0.1) is 0 Å². The van der Waals surface area contributed by atoms with E-state index >= 15 is 4.39 Å². The number of rotatable bonds is 7. The van der Waals surface area contributed by atoms with Gasteiger partial charge in [0.15, 0.2) is 17.7 Å². The molecule has 0 fully saturated rings. The van der Waals surface area contributed by atoms with E-state index in [4.69, 9.17) is 9.47 Å². The van der Waals surface area contributed by atoms with E-state index in [1.807, 2.05) is 38.2 Å². The van der Waals surface area contributed by atoms with Crippen LogP contribution in [0.25, 0.3) is 27.5 Å². The molecule has 1 aromatic heterocycles. The molecule has 0 radical (unpaired) electrons. The summed E-state index contributed by atoms with van der Waals surface area (Å²) in [5.74, 6) is -1.54. The summed E-state index contributed by atoms with van der Waals surface area (Å²) >= 11 is 0. The molecule has 0 spiro atoms. The maximum Gasteiger partial charge on any atom is 0.339 e. The van der Waals surface area contributed by atoms with E-state index < -0.39 is 23.5 Å². The Hall–Kier alpha value is -3.91.